The number of pyridine rings is 1. The van der Waals surface area contributed by atoms with Gasteiger partial charge in [-0.3, -0.25) is 0 Å². The van der Waals surface area contributed by atoms with E-state index < -0.39 is 9.84 Å². The van der Waals surface area contributed by atoms with E-state index in [0.29, 0.717) is 5.56 Å². The molecular weight excluding hydrogens is 274 g/mol. The highest BCUT2D eigenvalue weighted by Crippen LogP contribution is 2.24. The Morgan fingerprint density at radius 3 is 2.80 bits per heavy atom. The second kappa shape index (κ2) is 5.31. The predicted octanol–water partition coefficient (Wildman–Crippen LogP) is 1.82. The molecule has 0 atom stereocenters. The number of hydrogen-bond donors (Lipinski definition) is 1. The van der Waals surface area contributed by atoms with Gasteiger partial charge in [0.15, 0.2) is 9.84 Å². The van der Waals surface area contributed by atoms with E-state index in [0.717, 1.165) is 5.56 Å². The van der Waals surface area contributed by atoms with Crippen molar-refractivity contribution in [2.45, 2.75) is 17.6 Å². The van der Waals surface area contributed by atoms with E-state index in [1.54, 1.807) is 31.2 Å². The molecule has 0 bridgehead atoms. The molecule has 0 unspecified atom stereocenters. The molecule has 1 aromatic carbocycles. The molecule has 0 aliphatic carbocycles. The maximum Gasteiger partial charge on any atom is 0.184 e. The van der Waals surface area contributed by atoms with E-state index >= 15 is 0 Å². The highest BCUT2D eigenvalue weighted by Gasteiger charge is 2.20. The van der Waals surface area contributed by atoms with Crippen LogP contribution < -0.4 is 5.73 Å². The van der Waals surface area contributed by atoms with Crippen molar-refractivity contribution in [2.24, 2.45) is 0 Å². The van der Waals surface area contributed by atoms with Crippen LogP contribution in [0.4, 0.5) is 5.69 Å². The van der Waals surface area contributed by atoms with E-state index in [2.05, 4.69) is 4.98 Å². The van der Waals surface area contributed by atoms with Gasteiger partial charge < -0.3 is 5.73 Å². The molecule has 0 amide bonds. The monoisotopic (exact) mass is 287 g/mol. The quantitative estimate of drug-likeness (QED) is 0.868. The van der Waals surface area contributed by atoms with Crippen molar-refractivity contribution in [2.75, 3.05) is 5.73 Å². The molecule has 0 spiro atoms. The summed E-state index contributed by atoms with van der Waals surface area (Å²) in [5, 5.41) is 8.95. The van der Waals surface area contributed by atoms with E-state index in [9.17, 15) is 8.42 Å². The molecule has 5 nitrogen and oxygen atoms in total. The lowest BCUT2D eigenvalue weighted by molar-refractivity contribution is 0.595. The molecule has 0 aliphatic rings. The number of hydrogen-bond acceptors (Lipinski definition) is 5. The predicted molar refractivity (Wildman–Crippen MR) is 75.4 cm³/mol. The average molecular weight is 287 g/mol. The molecular formula is C14H13N3O2S. The van der Waals surface area contributed by atoms with Crippen molar-refractivity contribution in [1.29, 1.82) is 5.26 Å². The molecule has 6 heteroatoms. The minimum atomic E-state index is -3.62. The highest BCUT2D eigenvalue weighted by atomic mass is 32.2. The zero-order valence-corrected chi connectivity index (χ0v) is 11.7. The molecule has 0 saturated carbocycles. The van der Waals surface area contributed by atoms with Crippen LogP contribution in [0.3, 0.4) is 0 Å². The van der Waals surface area contributed by atoms with Gasteiger partial charge in [0.25, 0.3) is 0 Å². The fourth-order valence-corrected chi connectivity index (χ4v) is 3.44. The van der Waals surface area contributed by atoms with Crippen LogP contribution >= 0.6 is 0 Å². The molecule has 102 valence electrons. The molecule has 2 N–H and O–H groups in total. The Morgan fingerprint density at radius 2 is 2.10 bits per heavy atom. The summed E-state index contributed by atoms with van der Waals surface area (Å²) in [5.41, 5.74) is 7.24. The number of nitrogen functional groups attached to an aromatic ring is 1. The van der Waals surface area contributed by atoms with Crippen LogP contribution in [0.1, 0.15) is 16.8 Å². The molecule has 2 rings (SSSR count). The second-order valence-corrected chi connectivity index (χ2v) is 6.38. The van der Waals surface area contributed by atoms with Gasteiger partial charge in [-0.05, 0) is 30.7 Å². The summed E-state index contributed by atoms with van der Waals surface area (Å²) in [6.07, 6.45) is 1.45. The minimum absolute atomic E-state index is 0.0882. The van der Waals surface area contributed by atoms with Gasteiger partial charge in [-0.1, -0.05) is 12.1 Å². The Morgan fingerprint density at radius 1 is 1.35 bits per heavy atom. The fourth-order valence-electron chi connectivity index (χ4n) is 1.85. The number of sulfone groups is 1. The zero-order valence-electron chi connectivity index (χ0n) is 10.9. The summed E-state index contributed by atoms with van der Waals surface area (Å²) in [5.74, 6) is -0.294. The van der Waals surface area contributed by atoms with Crippen LogP contribution in [0.2, 0.25) is 0 Å². The number of nitrogens with two attached hydrogens (primary N) is 1. The summed E-state index contributed by atoms with van der Waals surface area (Å²) >= 11 is 0. The second-order valence-electron chi connectivity index (χ2n) is 4.42. The molecule has 0 fully saturated rings. The summed E-state index contributed by atoms with van der Waals surface area (Å²) in [7, 11) is -3.62. The third-order valence-electron chi connectivity index (χ3n) is 2.85. The molecule has 20 heavy (non-hydrogen) atoms. The van der Waals surface area contributed by atoms with Crippen molar-refractivity contribution in [1.82, 2.24) is 4.98 Å². The Hall–Kier alpha value is -2.39. The van der Waals surface area contributed by atoms with Gasteiger partial charge in [-0.2, -0.15) is 5.26 Å². The summed E-state index contributed by atoms with van der Waals surface area (Å²) in [4.78, 5) is 3.95. The third-order valence-corrected chi connectivity index (χ3v) is 4.56. The van der Waals surface area contributed by atoms with Crippen LogP contribution in [0.15, 0.2) is 41.4 Å². The fraction of sp³-hybridized carbons (Fsp3) is 0.143. The average Bonchev–Trinajstić information content (AvgIpc) is 2.41. The van der Waals surface area contributed by atoms with Crippen LogP contribution in [0.5, 0.6) is 0 Å². The number of rotatable bonds is 3. The number of aromatic nitrogens is 1. The van der Waals surface area contributed by atoms with Gasteiger partial charge in [-0.15, -0.1) is 0 Å². The summed E-state index contributed by atoms with van der Waals surface area (Å²) in [6, 6.07) is 9.92. The zero-order chi connectivity index (χ0) is 14.8. The topological polar surface area (TPSA) is 96.8 Å². The Kier molecular flexibility index (Phi) is 3.72. The first kappa shape index (κ1) is 14.0. The highest BCUT2D eigenvalue weighted by molar-refractivity contribution is 7.90. The Labute approximate surface area is 117 Å². The molecule has 1 heterocycles. The standard InChI is InChI=1S/C14H13N3O2S/c1-10-4-5-12(16)14(7-10)20(18,19)9-11-3-2-6-17-13(11)8-15/h2-7H,9,16H2,1H3. The van der Waals surface area contributed by atoms with Crippen molar-refractivity contribution in [3.8, 4) is 6.07 Å². The first-order chi connectivity index (χ1) is 9.44. The van der Waals surface area contributed by atoms with Crippen molar-refractivity contribution < 1.29 is 8.42 Å². The lowest BCUT2D eigenvalue weighted by atomic mass is 10.2. The van der Waals surface area contributed by atoms with Crippen molar-refractivity contribution in [3.05, 3.63) is 53.3 Å². The van der Waals surface area contributed by atoms with E-state index in [-0.39, 0.29) is 22.0 Å². The first-order valence-electron chi connectivity index (χ1n) is 5.87. The van der Waals surface area contributed by atoms with E-state index in [1.165, 1.54) is 12.3 Å². The maximum absolute atomic E-state index is 12.4. The number of nitriles is 1. The van der Waals surface area contributed by atoms with Gasteiger partial charge in [-0.25, -0.2) is 13.4 Å². The molecule has 2 aromatic rings. The minimum Gasteiger partial charge on any atom is -0.398 e. The summed E-state index contributed by atoms with van der Waals surface area (Å²) in [6.45, 7) is 1.79. The van der Waals surface area contributed by atoms with Crippen molar-refractivity contribution in [3.63, 3.8) is 0 Å². The third kappa shape index (κ3) is 2.78. The van der Waals surface area contributed by atoms with Crippen LogP contribution in [0, 0.1) is 18.3 Å². The van der Waals surface area contributed by atoms with Crippen LogP contribution in [-0.2, 0) is 15.6 Å². The van der Waals surface area contributed by atoms with Gasteiger partial charge in [0.2, 0.25) is 0 Å². The van der Waals surface area contributed by atoms with Gasteiger partial charge in [0, 0.05) is 11.8 Å². The number of benzene rings is 1. The van der Waals surface area contributed by atoms with Crippen LogP contribution in [0.25, 0.3) is 0 Å². The Balaban J connectivity index is 2.47. The number of anilines is 1. The smallest absolute Gasteiger partial charge is 0.184 e. The number of nitrogens with zero attached hydrogens (tertiary/aromatic N) is 2. The van der Waals surface area contributed by atoms with Crippen molar-refractivity contribution >= 4 is 15.5 Å². The van der Waals surface area contributed by atoms with E-state index in [1.807, 2.05) is 6.07 Å². The first-order valence-corrected chi connectivity index (χ1v) is 7.52. The number of aryl methyl sites for hydroxylation is 1. The lowest BCUT2D eigenvalue weighted by Crippen LogP contribution is -2.09. The van der Waals surface area contributed by atoms with Gasteiger partial charge in [0.05, 0.1) is 16.3 Å². The van der Waals surface area contributed by atoms with E-state index in [4.69, 9.17) is 11.0 Å². The van der Waals surface area contributed by atoms with Gasteiger partial charge in [0.1, 0.15) is 11.8 Å². The van der Waals surface area contributed by atoms with Gasteiger partial charge >= 0.3 is 0 Å². The van der Waals surface area contributed by atoms with Crippen LogP contribution in [-0.4, -0.2) is 13.4 Å². The maximum atomic E-state index is 12.4. The Bertz CT molecular complexity index is 792. The normalized spacial score (nSPS) is 11.0. The SMILES string of the molecule is Cc1ccc(N)c(S(=O)(=O)Cc2cccnc2C#N)c1. The molecule has 0 saturated heterocycles. The lowest BCUT2D eigenvalue weighted by Gasteiger charge is -2.09. The molecule has 0 aliphatic heterocycles. The largest absolute Gasteiger partial charge is 0.398 e. The molecule has 1 aromatic heterocycles. The summed E-state index contributed by atoms with van der Waals surface area (Å²) < 4.78 is 24.9. The molecule has 0 radical (unpaired) electrons.